The summed E-state index contributed by atoms with van der Waals surface area (Å²) in [6.07, 6.45) is -0.164. The van der Waals surface area contributed by atoms with Gasteiger partial charge < -0.3 is 24.3 Å². The maximum absolute atomic E-state index is 12.8. The van der Waals surface area contributed by atoms with Gasteiger partial charge in [-0.3, -0.25) is 29.6 Å². The molecule has 186 valence electrons. The fraction of sp³-hybridized carbons (Fsp3) is 0.333. The van der Waals surface area contributed by atoms with Gasteiger partial charge in [-0.15, -0.1) is 0 Å². The van der Waals surface area contributed by atoms with Crippen molar-refractivity contribution in [3.8, 4) is 17.2 Å². The van der Waals surface area contributed by atoms with E-state index in [1.807, 2.05) is 6.92 Å². The second kappa shape index (κ2) is 11.7. The molecule has 1 saturated heterocycles. The van der Waals surface area contributed by atoms with Crippen LogP contribution >= 0.6 is 0 Å². The first-order valence-corrected chi connectivity index (χ1v) is 10.9. The number of ether oxygens (including phenoxy) is 4. The molecule has 1 fully saturated rings. The second-order valence-electron chi connectivity index (χ2n) is 7.50. The van der Waals surface area contributed by atoms with Crippen molar-refractivity contribution < 1.29 is 38.1 Å². The first-order chi connectivity index (χ1) is 16.9. The molecule has 0 aliphatic carbocycles. The number of nitrogens with zero attached hydrogens (tertiary/aromatic N) is 1. The maximum Gasteiger partial charge on any atom is 0.311 e. The predicted molar refractivity (Wildman–Crippen MR) is 124 cm³/mol. The van der Waals surface area contributed by atoms with E-state index in [9.17, 15) is 19.2 Å². The molecule has 0 radical (unpaired) electrons. The molecular formula is C24H27N3O8. The van der Waals surface area contributed by atoms with Gasteiger partial charge in [-0.05, 0) is 43.3 Å². The molecule has 1 heterocycles. The quantitative estimate of drug-likeness (QED) is 0.487. The topological polar surface area (TPSA) is 132 Å². The van der Waals surface area contributed by atoms with Crippen molar-refractivity contribution in [1.82, 2.24) is 10.4 Å². The van der Waals surface area contributed by atoms with Crippen LogP contribution in [0.15, 0.2) is 42.5 Å². The van der Waals surface area contributed by atoms with E-state index in [1.165, 1.54) is 14.2 Å². The molecular weight excluding hydrogens is 458 g/mol. The lowest BCUT2D eigenvalue weighted by atomic mass is 10.1. The van der Waals surface area contributed by atoms with E-state index in [4.69, 9.17) is 18.9 Å². The number of esters is 1. The van der Waals surface area contributed by atoms with E-state index in [-0.39, 0.29) is 30.0 Å². The van der Waals surface area contributed by atoms with Crippen molar-refractivity contribution in [3.05, 3.63) is 48.0 Å². The Balaban J connectivity index is 1.51. The van der Waals surface area contributed by atoms with Crippen LogP contribution in [0.25, 0.3) is 0 Å². The number of hydrazine groups is 1. The van der Waals surface area contributed by atoms with Crippen molar-refractivity contribution in [1.29, 1.82) is 0 Å². The number of nitrogens with one attached hydrogen (secondary N) is 2. The lowest BCUT2D eigenvalue weighted by Gasteiger charge is -2.19. The molecule has 11 nitrogen and oxygen atoms in total. The van der Waals surface area contributed by atoms with Crippen LogP contribution in [-0.4, -0.2) is 62.7 Å². The molecule has 1 aliphatic heterocycles. The molecule has 0 saturated carbocycles. The third-order valence-corrected chi connectivity index (χ3v) is 5.14. The Morgan fingerprint density at radius 2 is 1.69 bits per heavy atom. The van der Waals surface area contributed by atoms with E-state index < -0.39 is 36.2 Å². The number of benzene rings is 2. The van der Waals surface area contributed by atoms with E-state index in [0.29, 0.717) is 18.0 Å². The van der Waals surface area contributed by atoms with E-state index >= 15 is 0 Å². The van der Waals surface area contributed by atoms with Gasteiger partial charge in [0, 0.05) is 12.1 Å². The number of rotatable bonds is 10. The van der Waals surface area contributed by atoms with Gasteiger partial charge in [0.15, 0.2) is 6.61 Å². The molecule has 3 rings (SSSR count). The summed E-state index contributed by atoms with van der Waals surface area (Å²) in [4.78, 5) is 49.7. The number of amides is 3. The minimum atomic E-state index is -0.833. The van der Waals surface area contributed by atoms with Crippen molar-refractivity contribution >= 4 is 29.4 Å². The first kappa shape index (κ1) is 25.3. The Hall–Kier alpha value is -4.28. The number of methoxy groups -OCH3 is 2. The molecule has 1 atom stereocenters. The zero-order valence-electron chi connectivity index (χ0n) is 19.7. The highest BCUT2D eigenvalue weighted by atomic mass is 16.5. The number of anilines is 1. The highest BCUT2D eigenvalue weighted by molar-refractivity contribution is 6.01. The van der Waals surface area contributed by atoms with E-state index in [0.717, 1.165) is 5.01 Å². The third kappa shape index (κ3) is 6.40. The molecule has 1 aliphatic rings. The minimum absolute atomic E-state index is 0.0959. The smallest absolute Gasteiger partial charge is 0.311 e. The summed E-state index contributed by atoms with van der Waals surface area (Å²) >= 11 is 0. The predicted octanol–water partition coefficient (Wildman–Crippen LogP) is 1.78. The fourth-order valence-electron chi connectivity index (χ4n) is 3.48. The van der Waals surface area contributed by atoms with E-state index in [2.05, 4.69) is 10.7 Å². The fourth-order valence-corrected chi connectivity index (χ4v) is 3.48. The highest BCUT2D eigenvalue weighted by Gasteiger charge is 2.37. The Morgan fingerprint density at radius 3 is 2.29 bits per heavy atom. The van der Waals surface area contributed by atoms with E-state index in [1.54, 1.807) is 42.5 Å². The molecule has 0 aromatic heterocycles. The van der Waals surface area contributed by atoms with Crippen LogP contribution in [0.5, 0.6) is 17.2 Å². The lowest BCUT2D eigenvalue weighted by molar-refractivity contribution is -0.151. The van der Waals surface area contributed by atoms with Crippen LogP contribution in [-0.2, 0) is 19.1 Å². The SMILES string of the molecule is CCOc1ccc(NC(=O)COC(=O)[C@H]2CC(=O)N(NC(=O)c3c(OC)cccc3OC)C2)cc1. The Kier molecular flexibility index (Phi) is 8.49. The molecule has 0 unspecified atom stereocenters. The van der Waals surface area contributed by atoms with Crippen molar-refractivity contribution in [2.45, 2.75) is 13.3 Å². The first-order valence-electron chi connectivity index (χ1n) is 10.9. The van der Waals surface area contributed by atoms with Gasteiger partial charge in [0.05, 0.1) is 33.3 Å². The number of hydrogen-bond acceptors (Lipinski definition) is 8. The Labute approximate surface area is 202 Å². The van der Waals surface area contributed by atoms with Gasteiger partial charge in [-0.2, -0.15) is 0 Å². The summed E-state index contributed by atoms with van der Waals surface area (Å²) in [7, 11) is 2.81. The van der Waals surface area contributed by atoms with Crippen LogP contribution in [0.1, 0.15) is 23.7 Å². The summed E-state index contributed by atoms with van der Waals surface area (Å²) in [5.41, 5.74) is 3.11. The molecule has 35 heavy (non-hydrogen) atoms. The van der Waals surface area contributed by atoms with Gasteiger partial charge in [0.2, 0.25) is 5.91 Å². The zero-order valence-corrected chi connectivity index (χ0v) is 19.7. The van der Waals surface area contributed by atoms with Gasteiger partial charge in [-0.25, -0.2) is 0 Å². The number of hydrogen-bond donors (Lipinski definition) is 2. The molecule has 3 amide bonds. The summed E-state index contributed by atoms with van der Waals surface area (Å²) in [6.45, 7) is 1.79. The Bertz CT molecular complexity index is 1060. The average Bonchev–Trinajstić information content (AvgIpc) is 3.23. The average molecular weight is 485 g/mol. The summed E-state index contributed by atoms with van der Waals surface area (Å²) in [5, 5.41) is 3.65. The van der Waals surface area contributed by atoms with Crippen molar-refractivity contribution in [2.24, 2.45) is 5.92 Å². The van der Waals surface area contributed by atoms with Gasteiger partial charge >= 0.3 is 5.97 Å². The Morgan fingerprint density at radius 1 is 1.03 bits per heavy atom. The molecule has 11 heteroatoms. The molecule has 0 bridgehead atoms. The zero-order chi connectivity index (χ0) is 25.4. The normalized spacial score (nSPS) is 14.8. The lowest BCUT2D eigenvalue weighted by Crippen LogP contribution is -2.43. The summed E-state index contributed by atoms with van der Waals surface area (Å²) in [5.74, 6) is -1.97. The highest BCUT2D eigenvalue weighted by Crippen LogP contribution is 2.28. The standard InChI is InChI=1S/C24H27N3O8/c1-4-34-17-10-8-16(9-11-17)25-20(28)14-35-24(31)15-12-21(29)27(13-15)26-23(30)22-18(32-2)6-5-7-19(22)33-3/h5-11,15H,4,12-14H2,1-3H3,(H,25,28)(H,26,30)/t15-/m0/s1. The molecule has 0 spiro atoms. The van der Waals surface area contributed by atoms with Gasteiger partial charge in [0.25, 0.3) is 11.8 Å². The van der Waals surface area contributed by atoms with Crippen molar-refractivity contribution in [3.63, 3.8) is 0 Å². The third-order valence-electron chi connectivity index (χ3n) is 5.14. The molecule has 2 N–H and O–H groups in total. The largest absolute Gasteiger partial charge is 0.496 e. The molecule has 2 aromatic carbocycles. The minimum Gasteiger partial charge on any atom is -0.496 e. The van der Waals surface area contributed by atoms with Gasteiger partial charge in [0.1, 0.15) is 22.8 Å². The molecule has 2 aromatic rings. The van der Waals surface area contributed by atoms with Crippen molar-refractivity contribution in [2.75, 3.05) is 39.3 Å². The van der Waals surface area contributed by atoms with Gasteiger partial charge in [-0.1, -0.05) is 6.07 Å². The van der Waals surface area contributed by atoms with Crippen LogP contribution in [0.2, 0.25) is 0 Å². The summed E-state index contributed by atoms with van der Waals surface area (Å²) in [6, 6.07) is 11.6. The number of carbonyl (C=O) groups excluding carboxylic acids is 4. The number of carbonyl (C=O) groups is 4. The maximum atomic E-state index is 12.8. The van der Waals surface area contributed by atoms with Crippen LogP contribution in [0.3, 0.4) is 0 Å². The second-order valence-corrected chi connectivity index (χ2v) is 7.50. The summed E-state index contributed by atoms with van der Waals surface area (Å²) < 4.78 is 20.8. The van der Waals surface area contributed by atoms with Crippen LogP contribution < -0.4 is 25.0 Å². The van der Waals surface area contributed by atoms with Crippen LogP contribution in [0.4, 0.5) is 5.69 Å². The monoisotopic (exact) mass is 485 g/mol. The van der Waals surface area contributed by atoms with Crippen LogP contribution in [0, 0.1) is 5.92 Å².